The topological polar surface area (TPSA) is 52.1 Å². The van der Waals surface area contributed by atoms with Crippen molar-refractivity contribution in [1.29, 1.82) is 0 Å². The number of methoxy groups -OCH3 is 1. The van der Waals surface area contributed by atoms with E-state index < -0.39 is 0 Å². The summed E-state index contributed by atoms with van der Waals surface area (Å²) in [7, 11) is 3.53. The van der Waals surface area contributed by atoms with Gasteiger partial charge in [-0.3, -0.25) is 9.89 Å². The van der Waals surface area contributed by atoms with Crippen molar-refractivity contribution in [3.63, 3.8) is 0 Å². The van der Waals surface area contributed by atoms with Crippen LogP contribution in [0.4, 0.5) is 5.69 Å². The van der Waals surface area contributed by atoms with Crippen LogP contribution in [0, 0.1) is 6.92 Å². The largest absolute Gasteiger partial charge is 0.497 e. The fraction of sp³-hybridized carbons (Fsp3) is 0.500. The van der Waals surface area contributed by atoms with Crippen LogP contribution in [-0.4, -0.2) is 64.3 Å². The van der Waals surface area contributed by atoms with Gasteiger partial charge < -0.3 is 20.3 Å². The average molecular weight is 416 g/mol. The van der Waals surface area contributed by atoms with E-state index >= 15 is 0 Å². The average Bonchev–Trinajstić information content (AvgIpc) is 3.19. The second-order valence-corrected chi connectivity index (χ2v) is 8.62. The van der Waals surface area contributed by atoms with E-state index in [1.54, 1.807) is 7.11 Å². The molecule has 6 nitrogen and oxygen atoms in total. The van der Waals surface area contributed by atoms with Crippen molar-refractivity contribution in [3.05, 3.63) is 46.2 Å². The first-order valence-electron chi connectivity index (χ1n) is 10.3. The Bertz CT molecular complexity index is 766. The number of rotatable bonds is 8. The Kier molecular flexibility index (Phi) is 8.19. The van der Waals surface area contributed by atoms with Crippen LogP contribution in [0.5, 0.6) is 5.75 Å². The third-order valence-corrected chi connectivity index (χ3v) is 6.20. The first-order valence-corrected chi connectivity index (χ1v) is 11.1. The lowest BCUT2D eigenvalue weighted by molar-refractivity contribution is 0.255. The van der Waals surface area contributed by atoms with Gasteiger partial charge in [0, 0.05) is 55.2 Å². The second kappa shape index (κ2) is 11.1. The fourth-order valence-corrected chi connectivity index (χ4v) is 4.33. The molecule has 0 amide bonds. The van der Waals surface area contributed by atoms with E-state index in [1.165, 1.54) is 15.4 Å². The van der Waals surface area contributed by atoms with Gasteiger partial charge in [-0.2, -0.15) is 0 Å². The summed E-state index contributed by atoms with van der Waals surface area (Å²) in [6, 6.07) is 12.7. The number of nitrogens with one attached hydrogen (secondary N) is 2. The molecule has 1 aromatic heterocycles. The molecule has 0 unspecified atom stereocenters. The minimum atomic E-state index is 0.825. The molecule has 0 spiro atoms. The highest BCUT2D eigenvalue weighted by molar-refractivity contribution is 7.11. The Morgan fingerprint density at radius 1 is 1.07 bits per heavy atom. The molecule has 0 saturated carbocycles. The number of aliphatic imine (C=N–C) groups is 1. The number of hydrogen-bond acceptors (Lipinski definition) is 5. The third kappa shape index (κ3) is 6.65. The third-order valence-electron chi connectivity index (χ3n) is 5.20. The maximum Gasteiger partial charge on any atom is 0.191 e. The van der Waals surface area contributed by atoms with Crippen molar-refractivity contribution in [1.82, 2.24) is 15.5 Å². The van der Waals surface area contributed by atoms with E-state index in [9.17, 15) is 0 Å². The number of anilines is 1. The molecule has 2 aromatic rings. The lowest BCUT2D eigenvalue weighted by atomic mass is 10.2. The summed E-state index contributed by atoms with van der Waals surface area (Å²) in [5, 5.41) is 6.82. The zero-order chi connectivity index (χ0) is 20.5. The molecule has 1 aliphatic rings. The van der Waals surface area contributed by atoms with E-state index in [2.05, 4.69) is 56.6 Å². The van der Waals surface area contributed by atoms with E-state index in [-0.39, 0.29) is 0 Å². The van der Waals surface area contributed by atoms with Crippen LogP contribution in [0.2, 0.25) is 0 Å². The highest BCUT2D eigenvalue weighted by atomic mass is 32.1. The normalized spacial score (nSPS) is 15.4. The number of hydrogen-bond donors (Lipinski definition) is 2. The zero-order valence-corrected chi connectivity index (χ0v) is 18.6. The summed E-state index contributed by atoms with van der Waals surface area (Å²) >= 11 is 1.83. The Balaban J connectivity index is 1.30. The van der Waals surface area contributed by atoms with Crippen molar-refractivity contribution < 1.29 is 4.74 Å². The molecular weight excluding hydrogens is 382 g/mol. The first kappa shape index (κ1) is 21.5. The van der Waals surface area contributed by atoms with Gasteiger partial charge in [0.25, 0.3) is 0 Å². The minimum Gasteiger partial charge on any atom is -0.497 e. The van der Waals surface area contributed by atoms with Gasteiger partial charge >= 0.3 is 0 Å². The van der Waals surface area contributed by atoms with E-state index in [0.717, 1.165) is 63.9 Å². The van der Waals surface area contributed by atoms with Gasteiger partial charge in [-0.25, -0.2) is 0 Å². The van der Waals surface area contributed by atoms with Gasteiger partial charge in [0.05, 0.1) is 13.7 Å². The minimum absolute atomic E-state index is 0.825. The SMILES string of the molecule is CN=C(NCCCN1CCN(c2ccc(OC)cc2)CC1)NCc1ccc(C)s1. The molecule has 1 fully saturated rings. The van der Waals surface area contributed by atoms with E-state index in [4.69, 9.17) is 4.74 Å². The predicted molar refractivity (Wildman–Crippen MR) is 124 cm³/mol. The van der Waals surface area contributed by atoms with Crippen LogP contribution in [0.15, 0.2) is 41.4 Å². The standard InChI is InChI=1S/C22H33N5OS/c1-18-5-10-21(29-18)17-25-22(23-2)24-11-4-12-26-13-15-27(16-14-26)19-6-8-20(28-3)9-7-19/h5-10H,4,11-17H2,1-3H3,(H2,23,24,25). The number of piperazine rings is 1. The summed E-state index contributed by atoms with van der Waals surface area (Å²) in [4.78, 5) is 12.0. The molecule has 29 heavy (non-hydrogen) atoms. The summed E-state index contributed by atoms with van der Waals surface area (Å²) < 4.78 is 5.25. The lowest BCUT2D eigenvalue weighted by Crippen LogP contribution is -2.47. The Labute approximate surface area is 178 Å². The van der Waals surface area contributed by atoms with Gasteiger partial charge in [-0.05, 0) is 56.3 Å². The van der Waals surface area contributed by atoms with Gasteiger partial charge in [-0.15, -0.1) is 11.3 Å². The van der Waals surface area contributed by atoms with Crippen molar-refractivity contribution in [2.75, 3.05) is 58.3 Å². The molecule has 0 bridgehead atoms. The number of thiophene rings is 1. The van der Waals surface area contributed by atoms with Crippen molar-refractivity contribution in [2.24, 2.45) is 4.99 Å². The van der Waals surface area contributed by atoms with Crippen LogP contribution >= 0.6 is 11.3 Å². The maximum absolute atomic E-state index is 5.25. The monoisotopic (exact) mass is 415 g/mol. The zero-order valence-electron chi connectivity index (χ0n) is 17.8. The number of nitrogens with zero attached hydrogens (tertiary/aromatic N) is 3. The summed E-state index contributed by atoms with van der Waals surface area (Å²) in [5.41, 5.74) is 1.28. The molecule has 1 saturated heterocycles. The van der Waals surface area contributed by atoms with Gasteiger partial charge in [0.15, 0.2) is 5.96 Å². The number of ether oxygens (including phenoxy) is 1. The molecule has 0 aliphatic carbocycles. The van der Waals surface area contributed by atoms with E-state index in [1.807, 2.05) is 30.5 Å². The molecular formula is C22H33N5OS. The quantitative estimate of drug-likeness (QED) is 0.394. The van der Waals surface area contributed by atoms with Crippen molar-refractivity contribution in [2.45, 2.75) is 19.9 Å². The van der Waals surface area contributed by atoms with Crippen LogP contribution < -0.4 is 20.3 Å². The molecule has 1 aliphatic heterocycles. The van der Waals surface area contributed by atoms with Crippen molar-refractivity contribution >= 4 is 23.0 Å². The summed E-state index contributed by atoms with van der Waals surface area (Å²) in [5.74, 6) is 1.79. The molecule has 3 rings (SSSR count). The number of guanidine groups is 1. The van der Waals surface area contributed by atoms with E-state index in [0.29, 0.717) is 0 Å². The predicted octanol–water partition coefficient (Wildman–Crippen LogP) is 2.94. The van der Waals surface area contributed by atoms with Crippen LogP contribution in [0.25, 0.3) is 0 Å². The van der Waals surface area contributed by atoms with Gasteiger partial charge in [0.1, 0.15) is 5.75 Å². The van der Waals surface area contributed by atoms with Gasteiger partial charge in [-0.1, -0.05) is 0 Å². The second-order valence-electron chi connectivity index (χ2n) is 7.25. The molecule has 158 valence electrons. The molecule has 7 heteroatoms. The summed E-state index contributed by atoms with van der Waals surface area (Å²) in [6.07, 6.45) is 1.11. The molecule has 2 heterocycles. The number of aryl methyl sites for hydroxylation is 1. The van der Waals surface area contributed by atoms with Crippen LogP contribution in [0.1, 0.15) is 16.2 Å². The van der Waals surface area contributed by atoms with Crippen molar-refractivity contribution in [3.8, 4) is 5.75 Å². The Hall–Kier alpha value is -2.25. The molecule has 0 atom stereocenters. The lowest BCUT2D eigenvalue weighted by Gasteiger charge is -2.36. The Morgan fingerprint density at radius 2 is 1.83 bits per heavy atom. The smallest absolute Gasteiger partial charge is 0.191 e. The van der Waals surface area contributed by atoms with Gasteiger partial charge in [0.2, 0.25) is 0 Å². The summed E-state index contributed by atoms with van der Waals surface area (Å²) in [6.45, 7) is 9.37. The molecule has 1 aromatic carbocycles. The van der Waals surface area contributed by atoms with Crippen LogP contribution in [0.3, 0.4) is 0 Å². The fourth-order valence-electron chi connectivity index (χ4n) is 3.50. The number of benzene rings is 1. The Morgan fingerprint density at radius 3 is 2.45 bits per heavy atom. The maximum atomic E-state index is 5.25. The molecule has 2 N–H and O–H groups in total. The first-order chi connectivity index (χ1) is 14.2. The molecule has 0 radical (unpaired) electrons. The highest BCUT2D eigenvalue weighted by Gasteiger charge is 2.16. The highest BCUT2D eigenvalue weighted by Crippen LogP contribution is 2.20. The van der Waals surface area contributed by atoms with Crippen LogP contribution in [-0.2, 0) is 6.54 Å².